The van der Waals surface area contributed by atoms with E-state index >= 15 is 0 Å². The van der Waals surface area contributed by atoms with E-state index < -0.39 is 0 Å². The highest BCUT2D eigenvalue weighted by Crippen LogP contribution is 2.34. The summed E-state index contributed by atoms with van der Waals surface area (Å²) in [5.74, 6) is 0.829. The Hall–Kier alpha value is -2.13. The summed E-state index contributed by atoms with van der Waals surface area (Å²) in [5, 5.41) is 0. The average molecular weight is 425 g/mol. The molecular weight excluding hydrogens is 384 g/mol. The maximum Gasteiger partial charge on any atom is 0.343 e. The number of esters is 1. The first kappa shape index (κ1) is 25.1. The van der Waals surface area contributed by atoms with Crippen molar-refractivity contribution in [3.8, 4) is 5.75 Å². The molecule has 0 aliphatic carbocycles. The van der Waals surface area contributed by atoms with Crippen molar-refractivity contribution in [2.24, 2.45) is 0 Å². The van der Waals surface area contributed by atoms with Crippen molar-refractivity contribution in [3.05, 3.63) is 65.2 Å². The van der Waals surface area contributed by atoms with Crippen molar-refractivity contribution < 1.29 is 14.3 Å². The topological polar surface area (TPSA) is 35.5 Å². The molecule has 0 aliphatic rings. The number of ether oxygens (including phenoxy) is 2. The number of carbonyl (C=O) groups is 1. The predicted molar refractivity (Wildman–Crippen MR) is 129 cm³/mol. The summed E-state index contributed by atoms with van der Waals surface area (Å²) in [5.41, 5.74) is 2.77. The summed E-state index contributed by atoms with van der Waals surface area (Å²) in [6, 6.07) is 15.5. The molecule has 3 nitrogen and oxygen atoms in total. The molecule has 0 saturated heterocycles. The summed E-state index contributed by atoms with van der Waals surface area (Å²) in [7, 11) is 1.68. The Morgan fingerprint density at radius 1 is 0.839 bits per heavy atom. The van der Waals surface area contributed by atoms with Crippen molar-refractivity contribution in [1.29, 1.82) is 0 Å². The van der Waals surface area contributed by atoms with Gasteiger partial charge in [0.15, 0.2) is 0 Å². The van der Waals surface area contributed by atoms with E-state index in [1.165, 1.54) is 38.5 Å². The number of para-hydroxylation sites is 1. The Bertz CT molecular complexity index is 766. The third kappa shape index (κ3) is 8.14. The second kappa shape index (κ2) is 14.0. The lowest BCUT2D eigenvalue weighted by atomic mass is 9.88. The molecule has 2 rings (SSSR count). The zero-order valence-electron chi connectivity index (χ0n) is 19.9. The van der Waals surface area contributed by atoms with Gasteiger partial charge in [-0.25, -0.2) is 4.79 Å². The fourth-order valence-electron chi connectivity index (χ4n) is 4.07. The largest absolute Gasteiger partial charge is 0.423 e. The van der Waals surface area contributed by atoms with Crippen molar-refractivity contribution in [2.45, 2.75) is 90.6 Å². The van der Waals surface area contributed by atoms with Gasteiger partial charge in [-0.15, -0.1) is 0 Å². The molecule has 2 atom stereocenters. The first-order chi connectivity index (χ1) is 15.1. The molecule has 0 saturated carbocycles. The maximum atomic E-state index is 12.8. The predicted octanol–water partition coefficient (Wildman–Crippen LogP) is 8.25. The third-order valence-electron chi connectivity index (χ3n) is 6.07. The minimum Gasteiger partial charge on any atom is -0.423 e. The standard InChI is InChI=1S/C28H40O3/c1-5-7-8-9-10-11-15-24(14-6-2)26-16-12-13-17-27(26)31-28(29)25-20-18-23(19-21-25)22(3)30-4/h12-13,16-22,24H,5-11,14-15H2,1-4H3. The summed E-state index contributed by atoms with van der Waals surface area (Å²) in [4.78, 5) is 12.8. The van der Waals surface area contributed by atoms with E-state index in [2.05, 4.69) is 26.0 Å². The van der Waals surface area contributed by atoms with Gasteiger partial charge in [-0.1, -0.05) is 89.1 Å². The molecule has 31 heavy (non-hydrogen) atoms. The van der Waals surface area contributed by atoms with Crippen molar-refractivity contribution in [3.63, 3.8) is 0 Å². The van der Waals surface area contributed by atoms with Gasteiger partial charge in [0.2, 0.25) is 0 Å². The quantitative estimate of drug-likeness (QED) is 0.174. The van der Waals surface area contributed by atoms with Gasteiger partial charge in [-0.3, -0.25) is 0 Å². The lowest BCUT2D eigenvalue weighted by Crippen LogP contribution is -2.11. The van der Waals surface area contributed by atoms with Crippen LogP contribution in [0.15, 0.2) is 48.5 Å². The van der Waals surface area contributed by atoms with Crippen LogP contribution in [0.1, 0.15) is 112 Å². The summed E-state index contributed by atoms with van der Waals surface area (Å²) >= 11 is 0. The minimum atomic E-state index is -0.307. The molecule has 2 aromatic carbocycles. The van der Waals surface area contributed by atoms with E-state index in [1.807, 2.05) is 43.3 Å². The van der Waals surface area contributed by atoms with Crippen molar-refractivity contribution >= 4 is 5.97 Å². The molecule has 3 heteroatoms. The van der Waals surface area contributed by atoms with E-state index in [4.69, 9.17) is 9.47 Å². The third-order valence-corrected chi connectivity index (χ3v) is 6.07. The van der Waals surface area contributed by atoms with E-state index in [9.17, 15) is 4.79 Å². The number of carbonyl (C=O) groups excluding carboxylic acids is 1. The molecule has 0 aromatic heterocycles. The Labute approximate surface area is 189 Å². The highest BCUT2D eigenvalue weighted by Gasteiger charge is 2.18. The van der Waals surface area contributed by atoms with Crippen LogP contribution in [0, 0.1) is 0 Å². The molecule has 0 radical (unpaired) electrons. The second-order valence-corrected chi connectivity index (χ2v) is 8.47. The monoisotopic (exact) mass is 424 g/mol. The summed E-state index contributed by atoms with van der Waals surface area (Å²) in [6.07, 6.45) is 11.2. The van der Waals surface area contributed by atoms with Crippen LogP contribution < -0.4 is 4.74 Å². The first-order valence-electron chi connectivity index (χ1n) is 12.0. The molecule has 0 bridgehead atoms. The van der Waals surface area contributed by atoms with E-state index in [-0.39, 0.29) is 12.1 Å². The lowest BCUT2D eigenvalue weighted by Gasteiger charge is -2.20. The average Bonchev–Trinajstić information content (AvgIpc) is 2.80. The smallest absolute Gasteiger partial charge is 0.343 e. The van der Waals surface area contributed by atoms with Gasteiger partial charge < -0.3 is 9.47 Å². The molecule has 170 valence electrons. The van der Waals surface area contributed by atoms with E-state index in [0.29, 0.717) is 17.2 Å². The van der Waals surface area contributed by atoms with Crippen LogP contribution in [0.4, 0.5) is 0 Å². The second-order valence-electron chi connectivity index (χ2n) is 8.47. The molecular formula is C28H40O3. The highest BCUT2D eigenvalue weighted by atomic mass is 16.5. The number of rotatable bonds is 14. The summed E-state index contributed by atoms with van der Waals surface area (Å²) in [6.45, 7) is 6.47. The van der Waals surface area contributed by atoms with Crippen molar-refractivity contribution in [1.82, 2.24) is 0 Å². The van der Waals surface area contributed by atoms with Crippen LogP contribution >= 0.6 is 0 Å². The fourth-order valence-corrected chi connectivity index (χ4v) is 4.07. The van der Waals surface area contributed by atoms with Gasteiger partial charge in [-0.2, -0.15) is 0 Å². The molecule has 2 unspecified atom stereocenters. The van der Waals surface area contributed by atoms with Gasteiger partial charge in [0.05, 0.1) is 11.7 Å². The Morgan fingerprint density at radius 2 is 1.52 bits per heavy atom. The molecule has 0 fully saturated rings. The van der Waals surface area contributed by atoms with Gasteiger partial charge >= 0.3 is 5.97 Å². The highest BCUT2D eigenvalue weighted by molar-refractivity contribution is 5.91. The molecule has 0 aliphatic heterocycles. The Morgan fingerprint density at radius 3 is 2.19 bits per heavy atom. The van der Waals surface area contributed by atoms with Crippen LogP contribution in [-0.2, 0) is 4.74 Å². The number of benzene rings is 2. The number of hydrogen-bond acceptors (Lipinski definition) is 3. The zero-order chi connectivity index (χ0) is 22.5. The van der Waals surface area contributed by atoms with E-state index in [0.717, 1.165) is 30.4 Å². The first-order valence-corrected chi connectivity index (χ1v) is 12.0. The van der Waals surface area contributed by atoms with Crippen molar-refractivity contribution in [2.75, 3.05) is 7.11 Å². The Kier molecular flexibility index (Phi) is 11.4. The lowest BCUT2D eigenvalue weighted by molar-refractivity contribution is 0.0732. The number of methoxy groups -OCH3 is 1. The van der Waals surface area contributed by atoms with Crippen LogP contribution in [-0.4, -0.2) is 13.1 Å². The van der Waals surface area contributed by atoms with Crippen LogP contribution in [0.5, 0.6) is 5.75 Å². The van der Waals surface area contributed by atoms with Gasteiger partial charge in [0, 0.05) is 7.11 Å². The summed E-state index contributed by atoms with van der Waals surface area (Å²) < 4.78 is 11.2. The van der Waals surface area contributed by atoms with Crippen LogP contribution in [0.25, 0.3) is 0 Å². The molecule has 0 heterocycles. The number of unbranched alkanes of at least 4 members (excludes halogenated alkanes) is 5. The SMILES string of the molecule is CCCCCCCCC(CCC)c1ccccc1OC(=O)c1ccc(C(C)OC)cc1. The zero-order valence-corrected chi connectivity index (χ0v) is 19.9. The van der Waals surface area contributed by atoms with Gasteiger partial charge in [0.1, 0.15) is 5.75 Å². The van der Waals surface area contributed by atoms with Crippen LogP contribution in [0.3, 0.4) is 0 Å². The Balaban J connectivity index is 2.05. The van der Waals surface area contributed by atoms with Crippen LogP contribution in [0.2, 0.25) is 0 Å². The minimum absolute atomic E-state index is 0.00238. The molecule has 0 amide bonds. The molecule has 0 N–H and O–H groups in total. The molecule has 0 spiro atoms. The van der Waals surface area contributed by atoms with E-state index in [1.54, 1.807) is 7.11 Å². The molecule has 2 aromatic rings. The normalized spacial score (nSPS) is 13.0. The number of hydrogen-bond donors (Lipinski definition) is 0. The van der Waals surface area contributed by atoms with Gasteiger partial charge in [0.25, 0.3) is 0 Å². The van der Waals surface area contributed by atoms with Gasteiger partial charge in [-0.05, 0) is 55.0 Å². The maximum absolute atomic E-state index is 12.8. The fraction of sp³-hybridized carbons (Fsp3) is 0.536.